The molecule has 0 spiro atoms. The van der Waals surface area contributed by atoms with Crippen LogP contribution in [0.5, 0.6) is 0 Å². The monoisotopic (exact) mass is 753 g/mol. The minimum absolute atomic E-state index is 0.0890. The van der Waals surface area contributed by atoms with E-state index in [1.54, 1.807) is 0 Å². The van der Waals surface area contributed by atoms with Gasteiger partial charge in [0.25, 0.3) is 0 Å². The van der Waals surface area contributed by atoms with Crippen LogP contribution in [0.3, 0.4) is 0 Å². The Balaban J connectivity index is 4.43. The fraction of sp³-hybridized carbons (Fsp3) is 0.688. The molecule has 6 nitrogen and oxygen atoms in total. The van der Waals surface area contributed by atoms with Crippen molar-refractivity contribution in [1.29, 1.82) is 0 Å². The molecule has 0 aromatic carbocycles. The molecule has 1 atom stereocenters. The highest BCUT2D eigenvalue weighted by molar-refractivity contribution is 5.71. The van der Waals surface area contributed by atoms with Gasteiger partial charge in [0.1, 0.15) is 13.2 Å². The first kappa shape index (κ1) is 50.9. The standard InChI is InChI=1S/C48H80O6/c1-4-7-10-13-16-19-21-23-24-25-27-29-32-35-38-41-47(50)53-44-45(43-52-46(49)40-37-34-31-28-18-15-12-9-6-3)54-48(51)42-39-36-33-30-26-22-20-17-14-11-8-5-2/h7-8,10-11,13,16-17,19-21,23-24,45H,4-6,9,12,14-15,18,22,25-44H2,1-3H3/b10-7-,11-8-,16-13-,20-17-,21-19-,24-23-. The van der Waals surface area contributed by atoms with Crippen LogP contribution in [0.2, 0.25) is 0 Å². The molecule has 0 saturated heterocycles. The number of esters is 3. The van der Waals surface area contributed by atoms with Gasteiger partial charge in [0.15, 0.2) is 6.10 Å². The van der Waals surface area contributed by atoms with Crippen molar-refractivity contribution >= 4 is 17.9 Å². The Labute approximate surface area is 332 Å². The summed E-state index contributed by atoms with van der Waals surface area (Å²) in [6.45, 7) is 6.31. The molecule has 0 radical (unpaired) electrons. The van der Waals surface area contributed by atoms with E-state index in [-0.39, 0.29) is 31.1 Å². The van der Waals surface area contributed by atoms with E-state index in [1.165, 1.54) is 38.5 Å². The Bertz CT molecular complexity index is 1050. The van der Waals surface area contributed by atoms with Crippen molar-refractivity contribution in [3.05, 3.63) is 72.9 Å². The van der Waals surface area contributed by atoms with Crippen molar-refractivity contribution in [3.63, 3.8) is 0 Å². The van der Waals surface area contributed by atoms with E-state index in [2.05, 4.69) is 69.4 Å². The number of ether oxygens (including phenoxy) is 3. The van der Waals surface area contributed by atoms with Gasteiger partial charge in [0.2, 0.25) is 0 Å². The average Bonchev–Trinajstić information content (AvgIpc) is 3.17. The lowest BCUT2D eigenvalue weighted by Crippen LogP contribution is -2.30. The first-order chi connectivity index (χ1) is 26.5. The fourth-order valence-corrected chi connectivity index (χ4v) is 5.78. The quantitative estimate of drug-likeness (QED) is 0.0205. The Kier molecular flexibility index (Phi) is 40.1. The molecular weight excluding hydrogens is 673 g/mol. The predicted molar refractivity (Wildman–Crippen MR) is 228 cm³/mol. The van der Waals surface area contributed by atoms with Gasteiger partial charge in [0, 0.05) is 19.3 Å². The van der Waals surface area contributed by atoms with E-state index in [0.717, 1.165) is 116 Å². The van der Waals surface area contributed by atoms with Crippen LogP contribution >= 0.6 is 0 Å². The van der Waals surface area contributed by atoms with E-state index < -0.39 is 6.10 Å². The van der Waals surface area contributed by atoms with Gasteiger partial charge in [-0.15, -0.1) is 0 Å². The lowest BCUT2D eigenvalue weighted by atomic mass is 10.1. The number of allylic oxidation sites excluding steroid dienone is 12. The summed E-state index contributed by atoms with van der Waals surface area (Å²) in [6.07, 6.45) is 51.7. The molecule has 0 saturated carbocycles. The second-order valence-electron chi connectivity index (χ2n) is 14.3. The van der Waals surface area contributed by atoms with Crippen molar-refractivity contribution < 1.29 is 28.6 Å². The molecule has 0 heterocycles. The van der Waals surface area contributed by atoms with Crippen LogP contribution in [0, 0.1) is 0 Å². The molecule has 0 amide bonds. The number of carbonyl (C=O) groups is 3. The summed E-state index contributed by atoms with van der Waals surface area (Å²) in [5, 5.41) is 0. The molecule has 1 unspecified atom stereocenters. The van der Waals surface area contributed by atoms with Gasteiger partial charge in [-0.05, 0) is 64.2 Å². The Hall–Kier alpha value is -3.15. The highest BCUT2D eigenvalue weighted by Gasteiger charge is 2.19. The van der Waals surface area contributed by atoms with E-state index in [0.29, 0.717) is 19.3 Å². The van der Waals surface area contributed by atoms with Crippen LogP contribution in [0.25, 0.3) is 0 Å². The molecule has 0 N–H and O–H groups in total. The number of rotatable bonds is 38. The largest absolute Gasteiger partial charge is 0.462 e. The first-order valence-corrected chi connectivity index (χ1v) is 22.0. The molecule has 0 aromatic heterocycles. The van der Waals surface area contributed by atoms with Crippen LogP contribution in [-0.2, 0) is 28.6 Å². The Morgan fingerprint density at radius 3 is 1.33 bits per heavy atom. The van der Waals surface area contributed by atoms with Gasteiger partial charge in [0.05, 0.1) is 0 Å². The average molecular weight is 753 g/mol. The summed E-state index contributed by atoms with van der Waals surface area (Å²) in [4.78, 5) is 37.6. The third-order valence-corrected chi connectivity index (χ3v) is 9.05. The minimum Gasteiger partial charge on any atom is -0.462 e. The van der Waals surface area contributed by atoms with Crippen LogP contribution < -0.4 is 0 Å². The smallest absolute Gasteiger partial charge is 0.306 e. The summed E-state index contributed by atoms with van der Waals surface area (Å²) in [7, 11) is 0. The van der Waals surface area contributed by atoms with E-state index in [1.807, 2.05) is 24.3 Å². The molecular formula is C48H80O6. The maximum Gasteiger partial charge on any atom is 0.306 e. The van der Waals surface area contributed by atoms with Crippen molar-refractivity contribution in [2.24, 2.45) is 0 Å². The molecule has 0 rings (SSSR count). The SMILES string of the molecule is CC\C=C/C=C\C=C/C=C\CCCCCCCC(=O)OCC(COC(=O)CCCCCCCCCCC)OC(=O)CCCCCCC/C=C\C/C=C\CC. The van der Waals surface area contributed by atoms with Crippen molar-refractivity contribution in [2.45, 2.75) is 200 Å². The van der Waals surface area contributed by atoms with Gasteiger partial charge in [-0.25, -0.2) is 0 Å². The zero-order chi connectivity index (χ0) is 39.4. The fourth-order valence-electron chi connectivity index (χ4n) is 5.78. The lowest BCUT2D eigenvalue weighted by Gasteiger charge is -2.18. The van der Waals surface area contributed by atoms with Crippen molar-refractivity contribution in [2.75, 3.05) is 13.2 Å². The van der Waals surface area contributed by atoms with Crippen LogP contribution in [0.1, 0.15) is 194 Å². The van der Waals surface area contributed by atoms with Crippen molar-refractivity contribution in [3.8, 4) is 0 Å². The third-order valence-electron chi connectivity index (χ3n) is 9.05. The summed E-state index contributed by atoms with van der Waals surface area (Å²) in [5.41, 5.74) is 0. The summed E-state index contributed by atoms with van der Waals surface area (Å²) in [6, 6.07) is 0. The second-order valence-corrected chi connectivity index (χ2v) is 14.3. The normalized spacial score (nSPS) is 12.7. The van der Waals surface area contributed by atoms with Gasteiger partial charge in [-0.3, -0.25) is 14.4 Å². The number of hydrogen-bond donors (Lipinski definition) is 0. The summed E-state index contributed by atoms with van der Waals surface area (Å²) in [5.74, 6) is -0.938. The Morgan fingerprint density at radius 1 is 0.407 bits per heavy atom. The number of unbranched alkanes of at least 4 members (excludes halogenated alkanes) is 18. The maximum absolute atomic E-state index is 12.7. The molecule has 0 fully saturated rings. The number of carbonyl (C=O) groups excluding carboxylic acids is 3. The number of hydrogen-bond acceptors (Lipinski definition) is 6. The molecule has 0 aliphatic rings. The second kappa shape index (κ2) is 42.6. The lowest BCUT2D eigenvalue weighted by molar-refractivity contribution is -0.167. The molecule has 54 heavy (non-hydrogen) atoms. The van der Waals surface area contributed by atoms with E-state index in [9.17, 15) is 14.4 Å². The van der Waals surface area contributed by atoms with E-state index in [4.69, 9.17) is 14.2 Å². The Morgan fingerprint density at radius 2 is 0.815 bits per heavy atom. The first-order valence-electron chi connectivity index (χ1n) is 22.0. The molecule has 6 heteroatoms. The van der Waals surface area contributed by atoms with Gasteiger partial charge in [-0.2, -0.15) is 0 Å². The van der Waals surface area contributed by atoms with Gasteiger partial charge >= 0.3 is 17.9 Å². The molecule has 0 aliphatic carbocycles. The zero-order valence-corrected chi connectivity index (χ0v) is 35.0. The highest BCUT2D eigenvalue weighted by Crippen LogP contribution is 2.13. The topological polar surface area (TPSA) is 78.9 Å². The highest BCUT2D eigenvalue weighted by atomic mass is 16.6. The minimum atomic E-state index is -0.788. The van der Waals surface area contributed by atoms with Crippen LogP contribution in [0.4, 0.5) is 0 Å². The zero-order valence-electron chi connectivity index (χ0n) is 35.0. The van der Waals surface area contributed by atoms with E-state index >= 15 is 0 Å². The van der Waals surface area contributed by atoms with Gasteiger partial charge < -0.3 is 14.2 Å². The van der Waals surface area contributed by atoms with Gasteiger partial charge in [-0.1, -0.05) is 184 Å². The maximum atomic E-state index is 12.7. The molecule has 0 bridgehead atoms. The third kappa shape index (κ3) is 40.0. The predicted octanol–water partition coefficient (Wildman–Crippen LogP) is 13.9. The van der Waals surface area contributed by atoms with Crippen LogP contribution in [0.15, 0.2) is 72.9 Å². The van der Waals surface area contributed by atoms with Crippen molar-refractivity contribution in [1.82, 2.24) is 0 Å². The summed E-state index contributed by atoms with van der Waals surface area (Å²) >= 11 is 0. The van der Waals surface area contributed by atoms with Crippen LogP contribution in [-0.4, -0.2) is 37.2 Å². The molecule has 0 aromatic rings. The molecule has 308 valence electrons. The molecule has 0 aliphatic heterocycles. The summed E-state index contributed by atoms with van der Waals surface area (Å²) < 4.78 is 16.6.